The molecule has 7 heteroatoms. The molecule has 2 heterocycles. The van der Waals surface area contributed by atoms with Crippen LogP contribution in [-0.4, -0.2) is 49.4 Å². The van der Waals surface area contributed by atoms with Crippen LogP contribution < -0.4 is 19.9 Å². The molecule has 1 aromatic heterocycles. The number of amides is 1. The Balaban J connectivity index is 1.33. The number of fused-ring (bicyclic) bond motifs is 1. The number of aromatic nitrogens is 2. The van der Waals surface area contributed by atoms with Crippen LogP contribution in [0.15, 0.2) is 78.9 Å². The van der Waals surface area contributed by atoms with Crippen LogP contribution in [0.2, 0.25) is 0 Å². The number of piperazine rings is 1. The van der Waals surface area contributed by atoms with E-state index < -0.39 is 0 Å². The van der Waals surface area contributed by atoms with Gasteiger partial charge in [0, 0.05) is 55.2 Å². The monoisotopic (exact) mass is 453 g/mol. The van der Waals surface area contributed by atoms with E-state index in [0.717, 1.165) is 59.8 Å². The number of benzene rings is 3. The van der Waals surface area contributed by atoms with Crippen molar-refractivity contribution in [1.82, 2.24) is 15.5 Å². The van der Waals surface area contributed by atoms with Gasteiger partial charge < -0.3 is 19.9 Å². The van der Waals surface area contributed by atoms with Crippen LogP contribution in [0.5, 0.6) is 5.75 Å². The first kappa shape index (κ1) is 21.7. The lowest BCUT2D eigenvalue weighted by Crippen LogP contribution is -2.47. The highest BCUT2D eigenvalue weighted by Crippen LogP contribution is 2.28. The minimum atomic E-state index is -0.220. The van der Waals surface area contributed by atoms with Crippen molar-refractivity contribution in [3.8, 4) is 5.75 Å². The van der Waals surface area contributed by atoms with Crippen LogP contribution in [0, 0.1) is 0 Å². The Labute approximate surface area is 199 Å². The maximum absolute atomic E-state index is 12.9. The summed E-state index contributed by atoms with van der Waals surface area (Å²) in [6, 6.07) is 25.9. The summed E-state index contributed by atoms with van der Waals surface area (Å²) in [6.45, 7) is 3.81. The number of nitrogens with zero attached hydrogens (tertiary/aromatic N) is 4. The molecule has 0 bridgehead atoms. The summed E-state index contributed by atoms with van der Waals surface area (Å²) >= 11 is 0. The van der Waals surface area contributed by atoms with Crippen LogP contribution in [0.4, 0.5) is 11.5 Å². The second-order valence-corrected chi connectivity index (χ2v) is 8.26. The molecule has 1 fully saturated rings. The summed E-state index contributed by atoms with van der Waals surface area (Å²) < 4.78 is 5.37. The highest BCUT2D eigenvalue weighted by molar-refractivity contribution is 6.07. The SMILES string of the molecule is COc1cccc(N2CCN(c3nnc(C(=O)NCc4ccccc4)c4ccccc34)CC2)c1. The van der Waals surface area contributed by atoms with E-state index in [1.807, 2.05) is 66.7 Å². The van der Waals surface area contributed by atoms with Gasteiger partial charge in [0.25, 0.3) is 5.91 Å². The van der Waals surface area contributed by atoms with Gasteiger partial charge in [-0.05, 0) is 17.7 Å². The molecule has 4 aromatic rings. The lowest BCUT2D eigenvalue weighted by atomic mass is 10.1. The normalized spacial score (nSPS) is 13.7. The average molecular weight is 454 g/mol. The number of ether oxygens (including phenoxy) is 1. The van der Waals surface area contributed by atoms with E-state index in [0.29, 0.717) is 12.2 Å². The fourth-order valence-corrected chi connectivity index (χ4v) is 4.34. The molecular formula is C27H27N5O2. The summed E-state index contributed by atoms with van der Waals surface area (Å²) in [5, 5.41) is 13.6. The molecule has 7 nitrogen and oxygen atoms in total. The third-order valence-corrected chi connectivity index (χ3v) is 6.18. The highest BCUT2D eigenvalue weighted by atomic mass is 16.5. The van der Waals surface area contributed by atoms with Crippen molar-refractivity contribution < 1.29 is 9.53 Å². The molecule has 1 aliphatic rings. The van der Waals surface area contributed by atoms with E-state index in [4.69, 9.17) is 4.74 Å². The lowest BCUT2D eigenvalue weighted by molar-refractivity contribution is 0.0947. The molecule has 0 aliphatic carbocycles. The van der Waals surface area contributed by atoms with Crippen molar-refractivity contribution in [2.75, 3.05) is 43.1 Å². The fourth-order valence-electron chi connectivity index (χ4n) is 4.34. The van der Waals surface area contributed by atoms with Crippen molar-refractivity contribution >= 4 is 28.2 Å². The molecule has 1 amide bonds. The topological polar surface area (TPSA) is 70.6 Å². The molecule has 3 aromatic carbocycles. The zero-order chi connectivity index (χ0) is 23.3. The van der Waals surface area contributed by atoms with Gasteiger partial charge in [0.2, 0.25) is 0 Å². The first-order valence-corrected chi connectivity index (χ1v) is 11.4. The largest absolute Gasteiger partial charge is 0.497 e. The van der Waals surface area contributed by atoms with Gasteiger partial charge in [-0.1, -0.05) is 60.7 Å². The minimum Gasteiger partial charge on any atom is -0.497 e. The zero-order valence-corrected chi connectivity index (χ0v) is 19.1. The Morgan fingerprint density at radius 2 is 1.56 bits per heavy atom. The van der Waals surface area contributed by atoms with E-state index in [9.17, 15) is 4.79 Å². The molecule has 172 valence electrons. The van der Waals surface area contributed by atoms with Gasteiger partial charge in [-0.3, -0.25) is 4.79 Å². The van der Waals surface area contributed by atoms with Crippen molar-refractivity contribution in [3.63, 3.8) is 0 Å². The summed E-state index contributed by atoms with van der Waals surface area (Å²) in [5.41, 5.74) is 2.55. The van der Waals surface area contributed by atoms with Gasteiger partial charge in [0.15, 0.2) is 11.5 Å². The van der Waals surface area contributed by atoms with Gasteiger partial charge in [-0.2, -0.15) is 0 Å². The average Bonchev–Trinajstić information content (AvgIpc) is 2.92. The number of hydrogen-bond donors (Lipinski definition) is 1. The maximum Gasteiger partial charge on any atom is 0.272 e. The number of rotatable bonds is 6. The summed E-state index contributed by atoms with van der Waals surface area (Å²) in [4.78, 5) is 17.5. The molecular weight excluding hydrogens is 426 g/mol. The summed E-state index contributed by atoms with van der Waals surface area (Å²) in [6.07, 6.45) is 0. The standard InChI is InChI=1S/C27H27N5O2/c1-34-22-11-7-10-21(18-22)31-14-16-32(17-15-31)26-24-13-6-5-12-23(24)25(29-30-26)27(33)28-19-20-8-3-2-4-9-20/h2-13,18H,14-17,19H2,1H3,(H,28,33). The van der Waals surface area contributed by atoms with E-state index in [1.54, 1.807) is 7.11 Å². The zero-order valence-electron chi connectivity index (χ0n) is 19.1. The minimum absolute atomic E-state index is 0.220. The van der Waals surface area contributed by atoms with Crippen LogP contribution in [0.1, 0.15) is 16.1 Å². The number of methoxy groups -OCH3 is 1. The van der Waals surface area contributed by atoms with Gasteiger partial charge in [-0.15, -0.1) is 10.2 Å². The summed E-state index contributed by atoms with van der Waals surface area (Å²) in [7, 11) is 1.69. The predicted molar refractivity (Wildman–Crippen MR) is 135 cm³/mol. The highest BCUT2D eigenvalue weighted by Gasteiger charge is 2.23. The van der Waals surface area contributed by atoms with E-state index in [-0.39, 0.29) is 5.91 Å². The number of nitrogens with one attached hydrogen (secondary N) is 1. The summed E-state index contributed by atoms with van der Waals surface area (Å²) in [5.74, 6) is 1.46. The van der Waals surface area contributed by atoms with Crippen LogP contribution in [-0.2, 0) is 6.54 Å². The van der Waals surface area contributed by atoms with Crippen molar-refractivity contribution in [3.05, 3.63) is 90.1 Å². The smallest absolute Gasteiger partial charge is 0.272 e. The van der Waals surface area contributed by atoms with Gasteiger partial charge in [-0.25, -0.2) is 0 Å². The van der Waals surface area contributed by atoms with Crippen LogP contribution in [0.25, 0.3) is 10.8 Å². The number of hydrogen-bond acceptors (Lipinski definition) is 6. The first-order chi connectivity index (χ1) is 16.7. The third-order valence-electron chi connectivity index (χ3n) is 6.18. The predicted octanol–water partition coefficient (Wildman–Crippen LogP) is 3.90. The molecule has 1 N–H and O–H groups in total. The van der Waals surface area contributed by atoms with Gasteiger partial charge in [0.05, 0.1) is 7.11 Å². The molecule has 5 rings (SSSR count). The molecule has 34 heavy (non-hydrogen) atoms. The number of carbonyl (C=O) groups excluding carboxylic acids is 1. The lowest BCUT2D eigenvalue weighted by Gasteiger charge is -2.37. The van der Waals surface area contributed by atoms with Crippen LogP contribution >= 0.6 is 0 Å². The number of anilines is 2. The Kier molecular flexibility index (Phi) is 6.25. The molecule has 0 atom stereocenters. The van der Waals surface area contributed by atoms with Crippen molar-refractivity contribution in [2.24, 2.45) is 0 Å². The number of carbonyl (C=O) groups is 1. The molecule has 1 saturated heterocycles. The van der Waals surface area contributed by atoms with Crippen molar-refractivity contribution in [2.45, 2.75) is 6.54 Å². The molecule has 1 aliphatic heterocycles. The second-order valence-electron chi connectivity index (χ2n) is 8.26. The van der Waals surface area contributed by atoms with Gasteiger partial charge >= 0.3 is 0 Å². The van der Waals surface area contributed by atoms with E-state index >= 15 is 0 Å². The third kappa shape index (κ3) is 4.50. The Morgan fingerprint density at radius 1 is 0.853 bits per heavy atom. The Hall–Kier alpha value is -4.13. The Morgan fingerprint density at radius 3 is 2.32 bits per heavy atom. The molecule has 0 spiro atoms. The molecule has 0 saturated carbocycles. The quantitative estimate of drug-likeness (QED) is 0.478. The second kappa shape index (κ2) is 9.79. The fraction of sp³-hybridized carbons (Fsp3) is 0.222. The van der Waals surface area contributed by atoms with Crippen LogP contribution in [0.3, 0.4) is 0 Å². The van der Waals surface area contributed by atoms with E-state index in [1.165, 1.54) is 0 Å². The maximum atomic E-state index is 12.9. The first-order valence-electron chi connectivity index (χ1n) is 11.4. The Bertz CT molecular complexity index is 1290. The van der Waals surface area contributed by atoms with Crippen molar-refractivity contribution in [1.29, 1.82) is 0 Å². The van der Waals surface area contributed by atoms with E-state index in [2.05, 4.69) is 37.4 Å². The molecule has 0 unspecified atom stereocenters. The molecule has 0 radical (unpaired) electrons. The van der Waals surface area contributed by atoms with Gasteiger partial charge in [0.1, 0.15) is 5.75 Å².